The van der Waals surface area contributed by atoms with Crippen molar-refractivity contribution in [3.63, 3.8) is 0 Å². The van der Waals surface area contributed by atoms with Crippen molar-refractivity contribution < 1.29 is 14.6 Å². The van der Waals surface area contributed by atoms with Gasteiger partial charge in [-0.1, -0.05) is 48.2 Å². The van der Waals surface area contributed by atoms with Crippen LogP contribution in [0.5, 0.6) is 5.75 Å². The van der Waals surface area contributed by atoms with E-state index in [1.807, 2.05) is 29.8 Å². The lowest BCUT2D eigenvalue weighted by Crippen LogP contribution is -2.02. The van der Waals surface area contributed by atoms with Crippen LogP contribution in [0, 0.1) is 0 Å². The molecule has 1 N–H and O–H groups in total. The molecule has 3 rings (SSSR count). The Morgan fingerprint density at radius 2 is 1.96 bits per heavy atom. The summed E-state index contributed by atoms with van der Waals surface area (Å²) in [4.78, 5) is 11.0. The first kappa shape index (κ1) is 19.0. The van der Waals surface area contributed by atoms with Gasteiger partial charge in [-0.15, -0.1) is 10.2 Å². The van der Waals surface area contributed by atoms with Crippen molar-refractivity contribution in [3.8, 4) is 5.75 Å². The lowest BCUT2D eigenvalue weighted by atomic mass is 10.1. The standard InChI is InChI=1S/C20H21N3O3S/c1-23-18(13-15-7-3-2-4-8-15)21-22-20(23)27-12-6-11-26-17-10-5-9-16(14-17)19(24)25/h2-5,7-10,14H,6,11-13H2,1H3,(H,24,25). The number of hydrogen-bond donors (Lipinski definition) is 1. The lowest BCUT2D eigenvalue weighted by Gasteiger charge is -2.07. The Balaban J connectivity index is 1.44. The zero-order valence-electron chi connectivity index (χ0n) is 15.0. The Hall–Kier alpha value is -2.80. The van der Waals surface area contributed by atoms with Gasteiger partial charge in [0, 0.05) is 19.2 Å². The second-order valence-corrected chi connectivity index (χ2v) is 7.07. The van der Waals surface area contributed by atoms with Gasteiger partial charge in [-0.2, -0.15) is 0 Å². The number of rotatable bonds is 9. The molecule has 0 aliphatic rings. The van der Waals surface area contributed by atoms with Crippen molar-refractivity contribution in [2.24, 2.45) is 7.05 Å². The maximum atomic E-state index is 11.0. The van der Waals surface area contributed by atoms with Crippen molar-refractivity contribution in [1.29, 1.82) is 0 Å². The Morgan fingerprint density at radius 3 is 2.74 bits per heavy atom. The predicted molar refractivity (Wildman–Crippen MR) is 104 cm³/mol. The highest BCUT2D eigenvalue weighted by Gasteiger charge is 2.10. The first-order valence-electron chi connectivity index (χ1n) is 8.64. The normalized spacial score (nSPS) is 10.7. The summed E-state index contributed by atoms with van der Waals surface area (Å²) in [5, 5.41) is 18.4. The molecule has 7 heteroatoms. The Bertz CT molecular complexity index is 896. The van der Waals surface area contributed by atoms with Gasteiger partial charge in [0.25, 0.3) is 0 Å². The van der Waals surface area contributed by atoms with Crippen LogP contribution >= 0.6 is 11.8 Å². The summed E-state index contributed by atoms with van der Waals surface area (Å²) in [5.41, 5.74) is 1.44. The number of hydrogen-bond acceptors (Lipinski definition) is 5. The highest BCUT2D eigenvalue weighted by molar-refractivity contribution is 7.99. The van der Waals surface area contributed by atoms with Crippen molar-refractivity contribution in [2.75, 3.05) is 12.4 Å². The molecule has 140 valence electrons. The van der Waals surface area contributed by atoms with Crippen LogP contribution in [0.4, 0.5) is 0 Å². The van der Waals surface area contributed by atoms with Gasteiger partial charge in [-0.3, -0.25) is 0 Å². The molecule has 1 heterocycles. The predicted octanol–water partition coefficient (Wildman–Crippen LogP) is 3.67. The molecular weight excluding hydrogens is 362 g/mol. The summed E-state index contributed by atoms with van der Waals surface area (Å²) in [6.45, 7) is 0.519. The molecule has 0 radical (unpaired) electrons. The molecule has 6 nitrogen and oxygen atoms in total. The minimum atomic E-state index is -0.954. The summed E-state index contributed by atoms with van der Waals surface area (Å²) in [7, 11) is 1.98. The van der Waals surface area contributed by atoms with E-state index in [4.69, 9.17) is 9.84 Å². The van der Waals surface area contributed by atoms with Crippen LogP contribution in [0.2, 0.25) is 0 Å². The van der Waals surface area contributed by atoms with Crippen LogP contribution in [0.25, 0.3) is 0 Å². The highest BCUT2D eigenvalue weighted by Crippen LogP contribution is 2.19. The van der Waals surface area contributed by atoms with Gasteiger partial charge in [-0.25, -0.2) is 4.79 Å². The Morgan fingerprint density at radius 1 is 1.15 bits per heavy atom. The van der Waals surface area contributed by atoms with E-state index in [1.54, 1.807) is 30.0 Å². The fourth-order valence-electron chi connectivity index (χ4n) is 2.53. The Kier molecular flexibility index (Phi) is 6.49. The third kappa shape index (κ3) is 5.34. The molecule has 0 bridgehead atoms. The van der Waals surface area contributed by atoms with Crippen LogP contribution in [0.3, 0.4) is 0 Å². The number of aromatic nitrogens is 3. The van der Waals surface area contributed by atoms with E-state index in [2.05, 4.69) is 22.3 Å². The zero-order valence-corrected chi connectivity index (χ0v) is 15.9. The topological polar surface area (TPSA) is 77.2 Å². The molecule has 0 amide bonds. The molecule has 0 saturated carbocycles. The molecule has 27 heavy (non-hydrogen) atoms. The van der Waals surface area contributed by atoms with Gasteiger partial charge >= 0.3 is 5.97 Å². The number of aromatic carboxylic acids is 1. The van der Waals surface area contributed by atoms with Gasteiger partial charge in [0.2, 0.25) is 0 Å². The number of carboxylic acids is 1. The smallest absolute Gasteiger partial charge is 0.335 e. The number of ether oxygens (including phenoxy) is 1. The fraction of sp³-hybridized carbons (Fsp3) is 0.250. The molecule has 0 aliphatic carbocycles. The summed E-state index contributed by atoms with van der Waals surface area (Å²) in [5.74, 6) is 1.40. The zero-order chi connectivity index (χ0) is 19.1. The second-order valence-electron chi connectivity index (χ2n) is 6.00. The van der Waals surface area contributed by atoms with Crippen LogP contribution in [-0.2, 0) is 13.5 Å². The summed E-state index contributed by atoms with van der Waals surface area (Å²) >= 11 is 1.64. The minimum absolute atomic E-state index is 0.229. The van der Waals surface area contributed by atoms with E-state index in [-0.39, 0.29) is 5.56 Å². The third-order valence-electron chi connectivity index (χ3n) is 4.00. The third-order valence-corrected chi connectivity index (χ3v) is 5.11. The molecule has 2 aromatic carbocycles. The van der Waals surface area contributed by atoms with Crippen LogP contribution in [0.15, 0.2) is 59.8 Å². The number of carboxylic acid groups (broad SMARTS) is 1. The number of carbonyl (C=O) groups is 1. The van der Waals surface area contributed by atoms with E-state index in [0.29, 0.717) is 12.4 Å². The molecule has 0 unspecified atom stereocenters. The minimum Gasteiger partial charge on any atom is -0.494 e. The highest BCUT2D eigenvalue weighted by atomic mass is 32.2. The molecule has 0 atom stereocenters. The summed E-state index contributed by atoms with van der Waals surface area (Å²) < 4.78 is 7.65. The Labute approximate surface area is 162 Å². The quantitative estimate of drug-likeness (QED) is 0.449. The van der Waals surface area contributed by atoms with Gasteiger partial charge in [-0.05, 0) is 30.2 Å². The van der Waals surface area contributed by atoms with Gasteiger partial charge < -0.3 is 14.4 Å². The first-order valence-corrected chi connectivity index (χ1v) is 9.63. The molecule has 0 fully saturated rings. The maximum absolute atomic E-state index is 11.0. The maximum Gasteiger partial charge on any atom is 0.335 e. The molecule has 0 aliphatic heterocycles. The van der Waals surface area contributed by atoms with Gasteiger partial charge in [0.15, 0.2) is 5.16 Å². The van der Waals surface area contributed by atoms with E-state index >= 15 is 0 Å². The van der Waals surface area contributed by atoms with E-state index in [0.717, 1.165) is 29.6 Å². The average molecular weight is 383 g/mol. The number of nitrogens with zero attached hydrogens (tertiary/aromatic N) is 3. The van der Waals surface area contributed by atoms with Crippen LogP contribution < -0.4 is 4.74 Å². The fourth-order valence-corrected chi connectivity index (χ4v) is 3.38. The molecular formula is C20H21N3O3S. The van der Waals surface area contributed by atoms with Crippen molar-refractivity contribution in [1.82, 2.24) is 14.8 Å². The van der Waals surface area contributed by atoms with Gasteiger partial charge in [0.05, 0.1) is 12.2 Å². The van der Waals surface area contributed by atoms with Crippen LogP contribution in [-0.4, -0.2) is 38.2 Å². The van der Waals surface area contributed by atoms with E-state index in [9.17, 15) is 4.79 Å². The van der Waals surface area contributed by atoms with Crippen molar-refractivity contribution >= 4 is 17.7 Å². The largest absolute Gasteiger partial charge is 0.494 e. The summed E-state index contributed by atoms with van der Waals surface area (Å²) in [6, 6.07) is 16.7. The average Bonchev–Trinajstić information content (AvgIpc) is 3.02. The van der Waals surface area contributed by atoms with Crippen LogP contribution in [0.1, 0.15) is 28.2 Å². The second kappa shape index (κ2) is 9.23. The van der Waals surface area contributed by atoms with E-state index in [1.165, 1.54) is 11.6 Å². The molecule has 0 spiro atoms. The van der Waals surface area contributed by atoms with E-state index < -0.39 is 5.97 Å². The number of benzene rings is 2. The number of thioether (sulfide) groups is 1. The molecule has 1 aromatic heterocycles. The monoisotopic (exact) mass is 383 g/mol. The molecule has 0 saturated heterocycles. The molecule has 3 aromatic rings. The first-order chi connectivity index (χ1) is 13.1. The van der Waals surface area contributed by atoms with Crippen molar-refractivity contribution in [2.45, 2.75) is 18.0 Å². The van der Waals surface area contributed by atoms with Gasteiger partial charge in [0.1, 0.15) is 11.6 Å². The lowest BCUT2D eigenvalue weighted by molar-refractivity contribution is 0.0696. The summed E-state index contributed by atoms with van der Waals surface area (Å²) in [6.07, 6.45) is 1.58. The van der Waals surface area contributed by atoms with Crippen molar-refractivity contribution in [3.05, 3.63) is 71.5 Å². The SMILES string of the molecule is Cn1c(Cc2ccccc2)nnc1SCCCOc1cccc(C(=O)O)c1.